The Bertz CT molecular complexity index is 556. The molecular weight excluding hydrogens is 564 g/mol. The van der Waals surface area contributed by atoms with Crippen molar-refractivity contribution in [3.8, 4) is 0 Å². The van der Waals surface area contributed by atoms with Crippen molar-refractivity contribution < 1.29 is 9.59 Å². The quantitative estimate of drug-likeness (QED) is 0.0646. The number of nitrogens with two attached hydrogens (primary N) is 2. The molecule has 0 aromatic rings. The molecule has 0 radical (unpaired) electrons. The van der Waals surface area contributed by atoms with Crippen LogP contribution < -0.4 is 11.5 Å². The molecule has 2 amide bonds. The van der Waals surface area contributed by atoms with Gasteiger partial charge in [-0.05, 0) is 12.8 Å². The van der Waals surface area contributed by atoms with Crippen molar-refractivity contribution in [2.24, 2.45) is 11.5 Å². The Balaban J connectivity index is 3.05. The smallest absolute Gasteiger partial charge is 0.217 e. The fourth-order valence-electron chi connectivity index (χ4n) is 6.96. The first-order valence-corrected chi connectivity index (χ1v) is 21.2. The monoisotopic (exact) mass is 649 g/mol. The number of primary amides is 2. The highest BCUT2D eigenvalue weighted by Crippen LogP contribution is 2.17. The van der Waals surface area contributed by atoms with Gasteiger partial charge in [-0.25, -0.2) is 0 Å². The Morgan fingerprint density at radius 1 is 0.196 bits per heavy atom. The zero-order valence-corrected chi connectivity index (χ0v) is 31.3. The van der Waals surface area contributed by atoms with Crippen LogP contribution in [0, 0.1) is 0 Å². The van der Waals surface area contributed by atoms with Gasteiger partial charge in [-0.3, -0.25) is 9.59 Å². The summed E-state index contributed by atoms with van der Waals surface area (Å²) in [5, 5.41) is 0. The molecule has 4 N–H and O–H groups in total. The number of unbranched alkanes of at least 4 members (excludes halogenated alkanes) is 37. The maximum atomic E-state index is 10.7. The molecule has 0 atom stereocenters. The molecule has 0 aliphatic rings. The predicted octanol–water partition coefficient (Wildman–Crippen LogP) is 13.6. The van der Waals surface area contributed by atoms with E-state index in [2.05, 4.69) is 0 Å². The van der Waals surface area contributed by atoms with Crippen LogP contribution in [0.25, 0.3) is 0 Å². The van der Waals surface area contributed by atoms with Crippen LogP contribution in [-0.4, -0.2) is 11.8 Å². The molecule has 0 heterocycles. The van der Waals surface area contributed by atoms with Gasteiger partial charge in [0.05, 0.1) is 0 Å². The third-order valence-corrected chi connectivity index (χ3v) is 10.1. The first kappa shape index (κ1) is 44.9. The second-order valence-electron chi connectivity index (χ2n) is 14.9. The van der Waals surface area contributed by atoms with Crippen LogP contribution >= 0.6 is 0 Å². The van der Waals surface area contributed by atoms with E-state index in [1.54, 1.807) is 0 Å². The van der Waals surface area contributed by atoms with Crippen LogP contribution in [0.5, 0.6) is 0 Å². The maximum absolute atomic E-state index is 10.7. The molecule has 0 fully saturated rings. The van der Waals surface area contributed by atoms with Crippen LogP contribution in [0.2, 0.25) is 0 Å². The molecule has 4 heteroatoms. The van der Waals surface area contributed by atoms with E-state index in [0.29, 0.717) is 12.8 Å². The van der Waals surface area contributed by atoms with Crippen LogP contribution in [-0.2, 0) is 9.59 Å². The lowest BCUT2D eigenvalue weighted by Crippen LogP contribution is -2.09. The number of amides is 2. The Labute approximate surface area is 289 Å². The lowest BCUT2D eigenvalue weighted by Gasteiger charge is -2.05. The summed E-state index contributed by atoms with van der Waals surface area (Å²) in [7, 11) is 0. The van der Waals surface area contributed by atoms with Crippen molar-refractivity contribution in [3.05, 3.63) is 0 Å². The van der Waals surface area contributed by atoms with E-state index in [-0.39, 0.29) is 11.8 Å². The summed E-state index contributed by atoms with van der Waals surface area (Å²) in [6.45, 7) is 0. The van der Waals surface area contributed by atoms with Gasteiger partial charge in [0.25, 0.3) is 0 Å². The first-order valence-electron chi connectivity index (χ1n) is 21.2. The van der Waals surface area contributed by atoms with Gasteiger partial charge in [0.1, 0.15) is 0 Å². The standard InChI is InChI=1S/C42H84N2O2/c43-41(45)39-37-35-33-31-29-27-25-23-21-19-17-15-13-11-9-7-5-3-1-2-4-6-8-10-12-14-16-18-20-22-24-26-28-30-32-34-36-38-40-42(44)46/h1-40H2,(H2,43,45)(H2,44,46). The van der Waals surface area contributed by atoms with Gasteiger partial charge in [0.15, 0.2) is 0 Å². The van der Waals surface area contributed by atoms with Crippen molar-refractivity contribution in [2.45, 2.75) is 257 Å². The molecule has 0 saturated heterocycles. The average molecular weight is 649 g/mol. The summed E-state index contributed by atoms with van der Waals surface area (Å²) >= 11 is 0. The summed E-state index contributed by atoms with van der Waals surface area (Å²) in [6.07, 6.45) is 53.9. The van der Waals surface area contributed by atoms with E-state index in [4.69, 9.17) is 11.5 Å². The molecule has 0 unspecified atom stereocenters. The molecule has 0 aromatic carbocycles. The van der Waals surface area contributed by atoms with E-state index >= 15 is 0 Å². The highest BCUT2D eigenvalue weighted by atomic mass is 16.1. The van der Waals surface area contributed by atoms with E-state index in [1.807, 2.05) is 0 Å². The van der Waals surface area contributed by atoms with Crippen molar-refractivity contribution in [1.82, 2.24) is 0 Å². The number of hydrogen-bond donors (Lipinski definition) is 2. The predicted molar refractivity (Wildman–Crippen MR) is 203 cm³/mol. The van der Waals surface area contributed by atoms with Gasteiger partial charge < -0.3 is 11.5 Å². The van der Waals surface area contributed by atoms with Gasteiger partial charge in [0.2, 0.25) is 11.8 Å². The molecule has 0 aliphatic heterocycles. The van der Waals surface area contributed by atoms with Crippen LogP contribution in [0.1, 0.15) is 257 Å². The molecule has 0 aromatic heterocycles. The van der Waals surface area contributed by atoms with Crippen molar-refractivity contribution in [1.29, 1.82) is 0 Å². The number of hydrogen-bond acceptors (Lipinski definition) is 2. The Hall–Kier alpha value is -1.06. The van der Waals surface area contributed by atoms with Gasteiger partial charge in [-0.2, -0.15) is 0 Å². The normalized spacial score (nSPS) is 11.4. The van der Waals surface area contributed by atoms with E-state index in [9.17, 15) is 9.59 Å². The minimum Gasteiger partial charge on any atom is -0.370 e. The van der Waals surface area contributed by atoms with Crippen molar-refractivity contribution in [2.75, 3.05) is 0 Å². The Kier molecular flexibility index (Phi) is 39.2. The summed E-state index contributed by atoms with van der Waals surface area (Å²) in [4.78, 5) is 21.4. The fraction of sp³-hybridized carbons (Fsp3) is 0.952. The largest absolute Gasteiger partial charge is 0.370 e. The third kappa shape index (κ3) is 42.9. The summed E-state index contributed by atoms with van der Waals surface area (Å²) in [6, 6.07) is 0. The SMILES string of the molecule is NC(=O)CCCCCCCCCCCCCCCCCCCCCCCCCCCCCCCCCCCCCCCCC(N)=O. The summed E-state index contributed by atoms with van der Waals surface area (Å²) < 4.78 is 0. The molecule has 274 valence electrons. The zero-order chi connectivity index (χ0) is 33.4. The van der Waals surface area contributed by atoms with Crippen LogP contribution in [0.3, 0.4) is 0 Å². The highest BCUT2D eigenvalue weighted by Gasteiger charge is 1.99. The Morgan fingerprint density at radius 3 is 0.370 bits per heavy atom. The maximum Gasteiger partial charge on any atom is 0.217 e. The van der Waals surface area contributed by atoms with Crippen LogP contribution in [0.15, 0.2) is 0 Å². The lowest BCUT2D eigenvalue weighted by atomic mass is 10.0. The van der Waals surface area contributed by atoms with Crippen LogP contribution in [0.4, 0.5) is 0 Å². The van der Waals surface area contributed by atoms with E-state index in [1.165, 1.54) is 218 Å². The minimum atomic E-state index is -0.151. The van der Waals surface area contributed by atoms with Gasteiger partial charge >= 0.3 is 0 Å². The molecule has 46 heavy (non-hydrogen) atoms. The fourth-order valence-corrected chi connectivity index (χ4v) is 6.96. The molecule has 0 saturated carbocycles. The number of rotatable bonds is 41. The molecule has 0 bridgehead atoms. The second kappa shape index (κ2) is 40.1. The lowest BCUT2D eigenvalue weighted by molar-refractivity contribution is -0.119. The third-order valence-electron chi connectivity index (χ3n) is 10.1. The summed E-state index contributed by atoms with van der Waals surface area (Å²) in [5.74, 6) is -0.301. The van der Waals surface area contributed by atoms with E-state index < -0.39 is 0 Å². The van der Waals surface area contributed by atoms with Gasteiger partial charge in [0, 0.05) is 12.8 Å². The average Bonchev–Trinajstić information content (AvgIpc) is 3.03. The van der Waals surface area contributed by atoms with Gasteiger partial charge in [-0.1, -0.05) is 231 Å². The second-order valence-corrected chi connectivity index (χ2v) is 14.9. The highest BCUT2D eigenvalue weighted by molar-refractivity contribution is 5.73. The molecule has 0 rings (SSSR count). The summed E-state index contributed by atoms with van der Waals surface area (Å²) in [5.41, 5.74) is 10.4. The number of carbonyl (C=O) groups is 2. The zero-order valence-electron chi connectivity index (χ0n) is 31.3. The topological polar surface area (TPSA) is 86.2 Å². The Morgan fingerprint density at radius 2 is 0.283 bits per heavy atom. The minimum absolute atomic E-state index is 0.151. The van der Waals surface area contributed by atoms with Crippen molar-refractivity contribution >= 4 is 11.8 Å². The molecule has 0 aliphatic carbocycles. The number of carbonyl (C=O) groups excluding carboxylic acids is 2. The molecule has 4 nitrogen and oxygen atoms in total. The van der Waals surface area contributed by atoms with Gasteiger partial charge in [-0.15, -0.1) is 0 Å². The van der Waals surface area contributed by atoms with Crippen molar-refractivity contribution in [3.63, 3.8) is 0 Å². The van der Waals surface area contributed by atoms with E-state index in [0.717, 1.165) is 25.7 Å². The first-order chi connectivity index (χ1) is 22.6. The molecule has 0 spiro atoms. The molecular formula is C42H84N2O2.